The first-order valence-electron chi connectivity index (χ1n) is 7.93. The summed E-state index contributed by atoms with van der Waals surface area (Å²) in [5, 5.41) is 6.69. The van der Waals surface area contributed by atoms with Crippen LogP contribution in [-0.4, -0.2) is 35.8 Å². The Morgan fingerprint density at radius 1 is 1.09 bits per heavy atom. The summed E-state index contributed by atoms with van der Waals surface area (Å²) < 4.78 is 5.07. The van der Waals surface area contributed by atoms with Gasteiger partial charge in [-0.2, -0.15) is 4.98 Å². The van der Waals surface area contributed by atoms with Crippen LogP contribution in [0.1, 0.15) is 27.2 Å². The number of hydrogen-bond acceptors (Lipinski definition) is 5. The van der Waals surface area contributed by atoms with Gasteiger partial charge in [0.25, 0.3) is 0 Å². The molecule has 0 aliphatic rings. The first-order valence-corrected chi connectivity index (χ1v) is 7.93. The zero-order chi connectivity index (χ0) is 16.7. The highest BCUT2D eigenvalue weighted by Crippen LogP contribution is 2.23. The standard InChI is InChI=1S/C18H26N4O/c1-18(2,3)22-16-13-15(14-9-6-5-7-10-14)20-17(21-16)19-11-8-12-23-4/h5-7,9-10,13H,8,11-12H2,1-4H3,(H2,19,20,21,22). The van der Waals surface area contributed by atoms with E-state index in [1.54, 1.807) is 7.11 Å². The number of aromatic nitrogens is 2. The predicted molar refractivity (Wildman–Crippen MR) is 95.8 cm³/mol. The third-order valence-corrected chi connectivity index (χ3v) is 3.11. The van der Waals surface area contributed by atoms with E-state index in [1.165, 1.54) is 0 Å². The fourth-order valence-corrected chi connectivity index (χ4v) is 2.15. The Morgan fingerprint density at radius 3 is 2.48 bits per heavy atom. The first-order chi connectivity index (χ1) is 11.0. The molecule has 0 unspecified atom stereocenters. The van der Waals surface area contributed by atoms with E-state index in [0.29, 0.717) is 5.95 Å². The zero-order valence-corrected chi connectivity index (χ0v) is 14.4. The summed E-state index contributed by atoms with van der Waals surface area (Å²) in [5.74, 6) is 1.45. The second kappa shape index (κ2) is 7.92. The lowest BCUT2D eigenvalue weighted by molar-refractivity contribution is 0.197. The molecule has 0 saturated heterocycles. The van der Waals surface area contributed by atoms with Gasteiger partial charge in [0.2, 0.25) is 5.95 Å². The highest BCUT2D eigenvalue weighted by Gasteiger charge is 2.13. The molecule has 0 fully saturated rings. The maximum absolute atomic E-state index is 5.07. The number of methoxy groups -OCH3 is 1. The summed E-state index contributed by atoms with van der Waals surface area (Å²) in [6.45, 7) is 7.84. The van der Waals surface area contributed by atoms with Gasteiger partial charge >= 0.3 is 0 Å². The molecule has 0 spiro atoms. The molecule has 0 atom stereocenters. The van der Waals surface area contributed by atoms with Crippen molar-refractivity contribution in [2.45, 2.75) is 32.7 Å². The second-order valence-electron chi connectivity index (χ2n) is 6.48. The van der Waals surface area contributed by atoms with Crippen LogP contribution in [0, 0.1) is 0 Å². The van der Waals surface area contributed by atoms with E-state index in [-0.39, 0.29) is 5.54 Å². The molecular formula is C18H26N4O. The maximum Gasteiger partial charge on any atom is 0.225 e. The minimum Gasteiger partial charge on any atom is -0.385 e. The molecule has 0 aliphatic heterocycles. The Hall–Kier alpha value is -2.14. The van der Waals surface area contributed by atoms with Gasteiger partial charge in [-0.15, -0.1) is 0 Å². The molecule has 5 heteroatoms. The number of anilines is 2. The van der Waals surface area contributed by atoms with Crippen LogP contribution in [0.15, 0.2) is 36.4 Å². The van der Waals surface area contributed by atoms with Gasteiger partial charge in [-0.3, -0.25) is 0 Å². The Balaban J connectivity index is 2.24. The zero-order valence-electron chi connectivity index (χ0n) is 14.4. The van der Waals surface area contributed by atoms with Crippen LogP contribution in [0.3, 0.4) is 0 Å². The van der Waals surface area contributed by atoms with Crippen molar-refractivity contribution in [3.8, 4) is 11.3 Å². The van der Waals surface area contributed by atoms with Gasteiger partial charge in [0.1, 0.15) is 5.82 Å². The number of hydrogen-bond donors (Lipinski definition) is 2. The van der Waals surface area contributed by atoms with Gasteiger partial charge in [-0.05, 0) is 27.2 Å². The van der Waals surface area contributed by atoms with Crippen molar-refractivity contribution >= 4 is 11.8 Å². The van der Waals surface area contributed by atoms with Crippen LogP contribution >= 0.6 is 0 Å². The molecule has 0 radical (unpaired) electrons. The molecule has 2 aromatic rings. The molecular weight excluding hydrogens is 288 g/mol. The molecule has 0 saturated carbocycles. The summed E-state index contributed by atoms with van der Waals surface area (Å²) in [7, 11) is 1.71. The van der Waals surface area contributed by atoms with E-state index in [1.807, 2.05) is 24.3 Å². The third-order valence-electron chi connectivity index (χ3n) is 3.11. The number of nitrogens with zero attached hydrogens (tertiary/aromatic N) is 2. The van der Waals surface area contributed by atoms with Gasteiger partial charge in [0.05, 0.1) is 5.69 Å². The van der Waals surface area contributed by atoms with Gasteiger partial charge in [0.15, 0.2) is 0 Å². The minimum absolute atomic E-state index is 0.0599. The number of ether oxygens (including phenoxy) is 1. The van der Waals surface area contributed by atoms with Crippen LogP contribution in [0.25, 0.3) is 11.3 Å². The van der Waals surface area contributed by atoms with Crippen LogP contribution in [0.2, 0.25) is 0 Å². The van der Waals surface area contributed by atoms with E-state index in [4.69, 9.17) is 4.74 Å². The van der Waals surface area contributed by atoms with Gasteiger partial charge in [-0.25, -0.2) is 4.98 Å². The summed E-state index contributed by atoms with van der Waals surface area (Å²) in [6, 6.07) is 12.1. The van der Waals surface area contributed by atoms with Crippen molar-refractivity contribution < 1.29 is 4.74 Å². The molecule has 0 amide bonds. The van der Waals surface area contributed by atoms with Crippen molar-refractivity contribution in [3.05, 3.63) is 36.4 Å². The SMILES string of the molecule is COCCCNc1nc(NC(C)(C)C)cc(-c2ccccc2)n1. The summed E-state index contributed by atoms with van der Waals surface area (Å²) in [6.07, 6.45) is 0.914. The topological polar surface area (TPSA) is 59.1 Å². The van der Waals surface area contributed by atoms with Gasteiger partial charge in [0, 0.05) is 37.4 Å². The van der Waals surface area contributed by atoms with Crippen molar-refractivity contribution in [2.75, 3.05) is 30.9 Å². The number of rotatable bonds is 7. The van der Waals surface area contributed by atoms with E-state index in [0.717, 1.165) is 36.6 Å². The highest BCUT2D eigenvalue weighted by atomic mass is 16.5. The van der Waals surface area contributed by atoms with Crippen LogP contribution in [-0.2, 0) is 4.74 Å². The molecule has 1 heterocycles. The third kappa shape index (κ3) is 5.87. The van der Waals surface area contributed by atoms with E-state index >= 15 is 0 Å². The summed E-state index contributed by atoms with van der Waals surface area (Å²) >= 11 is 0. The monoisotopic (exact) mass is 314 g/mol. The lowest BCUT2D eigenvalue weighted by Gasteiger charge is -2.22. The lowest BCUT2D eigenvalue weighted by Crippen LogP contribution is -2.27. The molecule has 1 aromatic carbocycles. The molecule has 23 heavy (non-hydrogen) atoms. The van der Waals surface area contributed by atoms with Crippen molar-refractivity contribution in [3.63, 3.8) is 0 Å². The van der Waals surface area contributed by atoms with E-state index in [2.05, 4.69) is 53.5 Å². The van der Waals surface area contributed by atoms with E-state index in [9.17, 15) is 0 Å². The number of nitrogens with one attached hydrogen (secondary N) is 2. The minimum atomic E-state index is -0.0599. The van der Waals surface area contributed by atoms with Crippen LogP contribution < -0.4 is 10.6 Å². The Bertz CT molecular complexity index is 608. The van der Waals surface area contributed by atoms with Crippen LogP contribution in [0.5, 0.6) is 0 Å². The quantitative estimate of drug-likeness (QED) is 0.761. The van der Waals surface area contributed by atoms with E-state index < -0.39 is 0 Å². The molecule has 2 N–H and O–H groups in total. The molecule has 1 aromatic heterocycles. The maximum atomic E-state index is 5.07. The molecule has 0 bridgehead atoms. The van der Waals surface area contributed by atoms with Gasteiger partial charge in [-0.1, -0.05) is 30.3 Å². The van der Waals surface area contributed by atoms with Crippen molar-refractivity contribution in [1.82, 2.24) is 9.97 Å². The molecule has 124 valence electrons. The predicted octanol–water partition coefficient (Wildman–Crippen LogP) is 3.80. The fourth-order valence-electron chi connectivity index (χ4n) is 2.15. The normalized spacial score (nSPS) is 11.3. The largest absolute Gasteiger partial charge is 0.385 e. The smallest absolute Gasteiger partial charge is 0.225 e. The average Bonchev–Trinajstić information content (AvgIpc) is 2.51. The Morgan fingerprint density at radius 2 is 1.83 bits per heavy atom. The Labute approximate surface area is 138 Å². The van der Waals surface area contributed by atoms with Crippen molar-refractivity contribution in [1.29, 1.82) is 0 Å². The second-order valence-corrected chi connectivity index (χ2v) is 6.48. The van der Waals surface area contributed by atoms with Crippen LogP contribution in [0.4, 0.5) is 11.8 Å². The molecule has 5 nitrogen and oxygen atoms in total. The average molecular weight is 314 g/mol. The summed E-state index contributed by atoms with van der Waals surface area (Å²) in [5.41, 5.74) is 1.92. The van der Waals surface area contributed by atoms with Gasteiger partial charge < -0.3 is 15.4 Å². The Kier molecular flexibility index (Phi) is 5.93. The highest BCUT2D eigenvalue weighted by molar-refractivity contribution is 5.64. The molecule has 2 rings (SSSR count). The fraction of sp³-hybridized carbons (Fsp3) is 0.444. The lowest BCUT2D eigenvalue weighted by atomic mass is 10.1. The summed E-state index contributed by atoms with van der Waals surface area (Å²) in [4.78, 5) is 9.20. The van der Waals surface area contributed by atoms with Crippen molar-refractivity contribution in [2.24, 2.45) is 0 Å². The number of benzene rings is 1. The first kappa shape index (κ1) is 17.2. The molecule has 0 aliphatic carbocycles.